The largest absolute Gasteiger partial charge is 0.310 e. The summed E-state index contributed by atoms with van der Waals surface area (Å²) in [5, 5.41) is 5.38. The number of hydrogen-bond acceptors (Lipinski definition) is 2. The molecular weight excluding hydrogens is 1270 g/mol. The summed E-state index contributed by atoms with van der Waals surface area (Å²) in [6, 6.07) is 151. The first-order valence-electron chi connectivity index (χ1n) is 36.3. The van der Waals surface area contributed by atoms with E-state index in [0.29, 0.717) is 0 Å². The lowest BCUT2D eigenvalue weighted by atomic mass is 9.33. The Morgan fingerprint density at radius 1 is 0.221 bits per heavy atom. The van der Waals surface area contributed by atoms with Gasteiger partial charge in [-0.2, -0.15) is 0 Å². The molecule has 16 aromatic carbocycles. The Kier molecular flexibility index (Phi) is 16.3. The normalized spacial score (nSPS) is 12.3. The van der Waals surface area contributed by atoms with Crippen LogP contribution < -0.4 is 46.9 Å². The van der Waals surface area contributed by atoms with Crippen molar-refractivity contribution < 1.29 is 0 Å². The Morgan fingerprint density at radius 2 is 0.471 bits per heavy atom. The molecule has 0 radical (unpaired) electrons. The van der Waals surface area contributed by atoms with Crippen molar-refractivity contribution in [3.8, 4) is 89.0 Å². The summed E-state index contributed by atoms with van der Waals surface area (Å²) in [6.07, 6.45) is 0. The van der Waals surface area contributed by atoms with E-state index in [1.54, 1.807) is 0 Å². The first kappa shape index (κ1) is 63.6. The highest BCUT2D eigenvalue weighted by Gasteiger charge is 2.47. The molecule has 492 valence electrons. The zero-order valence-electron chi connectivity index (χ0n) is 58.6. The molecule has 0 unspecified atom stereocenters. The summed E-state index contributed by atoms with van der Waals surface area (Å²) in [7, 11) is -2.85. The maximum atomic E-state index is 2.70. The van der Waals surface area contributed by atoms with Gasteiger partial charge in [0.05, 0.1) is 11.4 Å². The van der Waals surface area contributed by atoms with Crippen LogP contribution in [0.5, 0.6) is 0 Å². The van der Waals surface area contributed by atoms with E-state index in [2.05, 4.69) is 431 Å². The monoisotopic (exact) mass is 1340 g/mol. The molecule has 18 rings (SSSR count). The third kappa shape index (κ3) is 11.2. The molecule has 0 N–H and O–H groups in total. The van der Waals surface area contributed by atoms with Crippen molar-refractivity contribution in [1.29, 1.82) is 0 Å². The van der Waals surface area contributed by atoms with E-state index >= 15 is 0 Å². The average Bonchev–Trinajstić information content (AvgIpc) is 0.686. The zero-order valence-corrected chi connectivity index (χ0v) is 59.6. The van der Waals surface area contributed by atoms with Crippen molar-refractivity contribution in [2.45, 2.75) is 26.2 Å². The van der Waals surface area contributed by atoms with Gasteiger partial charge >= 0.3 is 0 Å². The van der Waals surface area contributed by atoms with Crippen LogP contribution in [0.25, 0.3) is 89.0 Å². The third-order valence-corrected chi connectivity index (χ3v) is 26.3. The van der Waals surface area contributed by atoms with Crippen LogP contribution in [-0.2, 0) is 5.41 Å². The summed E-state index contributed by atoms with van der Waals surface area (Å²) < 4.78 is 0. The molecule has 4 heteroatoms. The lowest BCUT2D eigenvalue weighted by molar-refractivity contribution is 0.590. The van der Waals surface area contributed by atoms with Crippen LogP contribution in [0.15, 0.2) is 400 Å². The van der Waals surface area contributed by atoms with E-state index in [4.69, 9.17) is 0 Å². The van der Waals surface area contributed by atoms with E-state index in [1.165, 1.54) is 53.8 Å². The predicted octanol–water partition coefficient (Wildman–Crippen LogP) is 21.8. The number of anilines is 6. The number of nitrogens with zero attached hydrogens (tertiary/aromatic N) is 2. The summed E-state index contributed by atoms with van der Waals surface area (Å²) >= 11 is 0. The molecule has 16 aromatic rings. The molecule has 2 aliphatic rings. The molecule has 0 amide bonds. The fraction of sp³-hybridized carbons (Fsp3) is 0.0400. The van der Waals surface area contributed by atoms with Gasteiger partial charge in [-0.3, -0.25) is 0 Å². The minimum absolute atomic E-state index is 0.253. The van der Waals surface area contributed by atoms with Crippen molar-refractivity contribution in [3.63, 3.8) is 0 Å². The second kappa shape index (κ2) is 26.7. The summed E-state index contributed by atoms with van der Waals surface area (Å²) in [4.78, 5) is 5.39. The van der Waals surface area contributed by atoms with Crippen molar-refractivity contribution in [3.05, 3.63) is 406 Å². The highest BCUT2D eigenvalue weighted by Crippen LogP contribution is 2.55. The number of benzene rings is 16. The van der Waals surface area contributed by atoms with Crippen LogP contribution >= 0.6 is 0 Å². The fourth-order valence-electron chi connectivity index (χ4n) is 16.6. The van der Waals surface area contributed by atoms with Gasteiger partial charge < -0.3 is 9.80 Å². The van der Waals surface area contributed by atoms with Crippen LogP contribution in [0.4, 0.5) is 34.1 Å². The van der Waals surface area contributed by atoms with Gasteiger partial charge in [-0.25, -0.2) is 0 Å². The molecule has 0 atom stereocenters. The second-order valence-electron chi connectivity index (χ2n) is 28.7. The maximum absolute atomic E-state index is 2.85. The number of fused-ring (bicyclic) bond motifs is 4. The minimum atomic E-state index is -2.85. The first-order valence-corrected chi connectivity index (χ1v) is 38.3. The molecule has 0 saturated carbocycles. The highest BCUT2D eigenvalue weighted by molar-refractivity contribution is 7.20. The van der Waals surface area contributed by atoms with Crippen LogP contribution in [0.2, 0.25) is 0 Å². The predicted molar refractivity (Wildman–Crippen MR) is 446 cm³/mol. The molecule has 0 aromatic heterocycles. The Hall–Kier alpha value is -12.6. The quantitative estimate of drug-likeness (QED) is 0.0791. The summed E-state index contributed by atoms with van der Waals surface area (Å²) in [5.74, 6) is 0. The smallest absolute Gasteiger partial charge is 0.252 e. The molecule has 0 aliphatic carbocycles. The lowest BCUT2D eigenvalue weighted by Gasteiger charge is -2.46. The Labute approximate surface area is 612 Å². The van der Waals surface area contributed by atoms with Crippen molar-refractivity contribution in [1.82, 2.24) is 0 Å². The van der Waals surface area contributed by atoms with Gasteiger partial charge in [-0.05, 0) is 163 Å². The van der Waals surface area contributed by atoms with Crippen molar-refractivity contribution in [2.75, 3.05) is 9.80 Å². The van der Waals surface area contributed by atoms with Crippen molar-refractivity contribution in [2.24, 2.45) is 0 Å². The van der Waals surface area contributed by atoms with Crippen LogP contribution in [0.3, 0.4) is 0 Å². The van der Waals surface area contributed by atoms with E-state index in [1.807, 2.05) is 0 Å². The average molecular weight is 1340 g/mol. The molecule has 0 saturated heterocycles. The third-order valence-electron chi connectivity index (χ3n) is 21.5. The molecule has 0 bridgehead atoms. The molecule has 2 nitrogen and oxygen atoms in total. The van der Waals surface area contributed by atoms with Gasteiger partial charge in [-0.15, -0.1) is 0 Å². The van der Waals surface area contributed by atoms with E-state index < -0.39 is 8.07 Å². The molecule has 0 spiro atoms. The van der Waals surface area contributed by atoms with Gasteiger partial charge in [0.2, 0.25) is 0 Å². The van der Waals surface area contributed by atoms with E-state index in [9.17, 15) is 0 Å². The van der Waals surface area contributed by atoms with Crippen molar-refractivity contribution >= 4 is 86.0 Å². The van der Waals surface area contributed by atoms with Gasteiger partial charge in [0.15, 0.2) is 8.07 Å². The first-order chi connectivity index (χ1) is 51.2. The molecule has 2 aliphatic heterocycles. The summed E-state index contributed by atoms with van der Waals surface area (Å²) in [5.41, 5.74) is 29.9. The minimum Gasteiger partial charge on any atom is -0.310 e. The maximum Gasteiger partial charge on any atom is 0.252 e. The Bertz CT molecular complexity index is 5540. The standard InChI is InChI=1S/C100H75BN2Si/c1-100(2,3)82-68-95-97-96(69-82)103(99-89(76-44-24-9-25-45-76)64-81(72-38-18-6-19-39-72)65-90(99)77-46-26-10-27-47-77)94-61-57-79(73-54-58-86(59-55-73)104(83-48-28-11-29-49-83,84-50-30-12-31-51-84)85-52-32-13-33-53-85)67-92(94)101(97)91-66-78(70-34-14-4-15-35-70)56-60-93(91)102(95)98-87(74-40-20-7-21-41-74)62-80(71-36-16-5-17-37-71)63-88(98)75-42-22-8-23-43-75/h4-69H,1-3H3. The van der Waals surface area contributed by atoms with Crippen LogP contribution in [0.1, 0.15) is 26.3 Å². The van der Waals surface area contributed by atoms with Gasteiger partial charge in [-0.1, -0.05) is 373 Å². The number of hydrogen-bond donors (Lipinski definition) is 0. The summed E-state index contributed by atoms with van der Waals surface area (Å²) in [6.45, 7) is 6.90. The van der Waals surface area contributed by atoms with Crippen LogP contribution in [0, 0.1) is 0 Å². The second-order valence-corrected chi connectivity index (χ2v) is 32.5. The fourth-order valence-corrected chi connectivity index (χ4v) is 21.3. The van der Waals surface area contributed by atoms with Gasteiger partial charge in [0.25, 0.3) is 6.71 Å². The molecule has 2 heterocycles. The Balaban J connectivity index is 0.973. The molecular formula is C100H75BN2Si. The topological polar surface area (TPSA) is 6.48 Å². The SMILES string of the molecule is CC(C)(C)c1cc2c3c(c1)N(c1c(-c4ccccc4)cc(-c4ccccc4)cc1-c1ccccc1)c1ccc(-c4ccc([Si](c5ccccc5)(c5ccccc5)c5ccccc5)cc4)cc1B3c1cc(-c3ccccc3)ccc1N2c1c(-c2ccccc2)cc(-c2ccccc2)cc1-c1ccccc1. The number of rotatable bonds is 14. The lowest BCUT2D eigenvalue weighted by Crippen LogP contribution is -2.74. The zero-order chi connectivity index (χ0) is 69.7. The van der Waals surface area contributed by atoms with Crippen LogP contribution in [-0.4, -0.2) is 14.8 Å². The Morgan fingerprint density at radius 3 is 0.769 bits per heavy atom. The molecule has 0 fully saturated rings. The molecule has 104 heavy (non-hydrogen) atoms. The van der Waals surface area contributed by atoms with Gasteiger partial charge in [0, 0.05) is 45.0 Å². The highest BCUT2D eigenvalue weighted by atomic mass is 28.3. The van der Waals surface area contributed by atoms with E-state index in [0.717, 1.165) is 112 Å². The van der Waals surface area contributed by atoms with E-state index in [-0.39, 0.29) is 12.1 Å². The van der Waals surface area contributed by atoms with Gasteiger partial charge in [0.1, 0.15) is 0 Å².